The molecule has 2 N–H and O–H groups in total. The van der Waals surface area contributed by atoms with Gasteiger partial charge in [0.25, 0.3) is 0 Å². The summed E-state index contributed by atoms with van der Waals surface area (Å²) in [6.07, 6.45) is 0.292. The minimum atomic E-state index is -0.554. The summed E-state index contributed by atoms with van der Waals surface area (Å²) in [5.74, 6) is -0.0299. The second kappa shape index (κ2) is 8.97. The van der Waals surface area contributed by atoms with Crippen LogP contribution in [0.4, 0.5) is 0 Å². The maximum atomic E-state index is 12.1. The maximum absolute atomic E-state index is 12.1. The number of hydrogen-bond acceptors (Lipinski definition) is 2. The number of hydrogen-bond donors (Lipinski definition) is 2. The summed E-state index contributed by atoms with van der Waals surface area (Å²) in [5.41, 5.74) is 4.16. The minimum Gasteiger partial charge on any atom is -0.388 e. The Morgan fingerprint density at radius 1 is 0.808 bits per heavy atom. The zero-order valence-electron chi connectivity index (χ0n) is 14.6. The lowest BCUT2D eigenvalue weighted by Crippen LogP contribution is -2.27. The van der Waals surface area contributed by atoms with E-state index in [1.165, 1.54) is 5.56 Å². The Morgan fingerprint density at radius 3 is 2.04 bits per heavy atom. The van der Waals surface area contributed by atoms with Crippen LogP contribution >= 0.6 is 0 Å². The summed E-state index contributed by atoms with van der Waals surface area (Å²) in [6.45, 7) is 0.455. The highest BCUT2D eigenvalue weighted by molar-refractivity contribution is 5.78. The fourth-order valence-corrected chi connectivity index (χ4v) is 2.88. The van der Waals surface area contributed by atoms with Crippen LogP contribution in [0.2, 0.25) is 0 Å². The second-order valence-electron chi connectivity index (χ2n) is 6.30. The molecule has 0 radical (unpaired) electrons. The van der Waals surface area contributed by atoms with E-state index in [9.17, 15) is 9.90 Å². The van der Waals surface area contributed by atoms with E-state index in [0.717, 1.165) is 16.7 Å². The summed E-state index contributed by atoms with van der Waals surface area (Å²) in [5, 5.41) is 13.0. The lowest BCUT2D eigenvalue weighted by Gasteiger charge is -2.11. The van der Waals surface area contributed by atoms with Crippen LogP contribution in [0.15, 0.2) is 84.9 Å². The van der Waals surface area contributed by atoms with Crippen molar-refractivity contribution in [1.82, 2.24) is 5.32 Å². The number of nitrogens with one attached hydrogen (secondary N) is 1. The van der Waals surface area contributed by atoms with Crippen molar-refractivity contribution in [1.29, 1.82) is 0 Å². The first-order valence-corrected chi connectivity index (χ1v) is 8.86. The van der Waals surface area contributed by atoms with Crippen LogP contribution in [0.1, 0.15) is 23.7 Å². The van der Waals surface area contributed by atoms with Gasteiger partial charge in [-0.3, -0.25) is 4.79 Å². The first-order chi connectivity index (χ1) is 12.7. The molecule has 3 rings (SSSR count). The lowest BCUT2D eigenvalue weighted by atomic mass is 10.0. The van der Waals surface area contributed by atoms with Gasteiger partial charge in [0.05, 0.1) is 12.5 Å². The van der Waals surface area contributed by atoms with Crippen LogP contribution in [-0.2, 0) is 11.2 Å². The lowest BCUT2D eigenvalue weighted by molar-refractivity contribution is -0.120. The van der Waals surface area contributed by atoms with E-state index in [1.54, 1.807) is 0 Å². The molecule has 3 heteroatoms. The van der Waals surface area contributed by atoms with E-state index in [1.807, 2.05) is 72.8 Å². The highest BCUT2D eigenvalue weighted by Crippen LogP contribution is 2.19. The van der Waals surface area contributed by atoms with E-state index in [0.29, 0.717) is 19.4 Å². The Bertz CT molecular complexity index is 814. The molecule has 0 aliphatic carbocycles. The Balaban J connectivity index is 1.46. The first kappa shape index (κ1) is 17.9. The Labute approximate surface area is 154 Å². The molecular weight excluding hydrogens is 322 g/mol. The number of amides is 1. The molecule has 0 aliphatic heterocycles. The van der Waals surface area contributed by atoms with Crippen LogP contribution in [0.5, 0.6) is 0 Å². The van der Waals surface area contributed by atoms with Gasteiger partial charge < -0.3 is 10.4 Å². The SMILES string of the molecule is O=C(Cc1ccc(-c2ccccc2)cc1)NCC[C@@H](O)c1ccccc1. The van der Waals surface area contributed by atoms with Crippen LogP contribution in [-0.4, -0.2) is 17.6 Å². The van der Waals surface area contributed by atoms with Gasteiger partial charge in [0, 0.05) is 6.54 Å². The highest BCUT2D eigenvalue weighted by Gasteiger charge is 2.08. The molecule has 0 aliphatic rings. The third-order valence-corrected chi connectivity index (χ3v) is 4.35. The van der Waals surface area contributed by atoms with Crippen LogP contribution < -0.4 is 5.32 Å². The predicted molar refractivity (Wildman–Crippen MR) is 105 cm³/mol. The maximum Gasteiger partial charge on any atom is 0.224 e. The molecule has 0 fully saturated rings. The largest absolute Gasteiger partial charge is 0.388 e. The Morgan fingerprint density at radius 2 is 1.38 bits per heavy atom. The molecule has 0 saturated heterocycles. The molecule has 0 bridgehead atoms. The van der Waals surface area contributed by atoms with Gasteiger partial charge in [0.15, 0.2) is 0 Å². The quantitative estimate of drug-likeness (QED) is 0.676. The summed E-state index contributed by atoms with van der Waals surface area (Å²) in [7, 11) is 0. The van der Waals surface area contributed by atoms with Gasteiger partial charge in [-0.15, -0.1) is 0 Å². The molecular formula is C23H23NO2. The summed E-state index contributed by atoms with van der Waals surface area (Å²) < 4.78 is 0. The fourth-order valence-electron chi connectivity index (χ4n) is 2.88. The number of aliphatic hydroxyl groups is 1. The number of carbonyl (C=O) groups is 1. The number of aliphatic hydroxyl groups excluding tert-OH is 1. The third-order valence-electron chi connectivity index (χ3n) is 4.35. The smallest absolute Gasteiger partial charge is 0.224 e. The van der Waals surface area contributed by atoms with E-state index in [2.05, 4.69) is 17.4 Å². The molecule has 0 spiro atoms. The summed E-state index contributed by atoms with van der Waals surface area (Å²) in [4.78, 5) is 12.1. The molecule has 0 heterocycles. The normalized spacial score (nSPS) is 11.7. The average molecular weight is 345 g/mol. The highest BCUT2D eigenvalue weighted by atomic mass is 16.3. The van der Waals surface area contributed by atoms with Gasteiger partial charge in [-0.1, -0.05) is 84.9 Å². The molecule has 1 amide bonds. The first-order valence-electron chi connectivity index (χ1n) is 8.86. The topological polar surface area (TPSA) is 49.3 Å². The van der Waals surface area contributed by atoms with Crippen molar-refractivity contribution in [3.8, 4) is 11.1 Å². The molecule has 0 saturated carbocycles. The van der Waals surface area contributed by atoms with E-state index in [4.69, 9.17) is 0 Å². The molecule has 3 aromatic rings. The van der Waals surface area contributed by atoms with Gasteiger partial charge >= 0.3 is 0 Å². The van der Waals surface area contributed by atoms with Crippen LogP contribution in [0, 0.1) is 0 Å². The minimum absolute atomic E-state index is 0.0299. The van der Waals surface area contributed by atoms with Gasteiger partial charge in [-0.05, 0) is 28.7 Å². The Hall–Kier alpha value is -2.91. The van der Waals surface area contributed by atoms with E-state index in [-0.39, 0.29) is 5.91 Å². The predicted octanol–water partition coefficient (Wildman–Crippen LogP) is 4.14. The van der Waals surface area contributed by atoms with Gasteiger partial charge in [-0.25, -0.2) is 0 Å². The van der Waals surface area contributed by atoms with Crippen LogP contribution in [0.25, 0.3) is 11.1 Å². The van der Waals surface area contributed by atoms with Gasteiger partial charge in [-0.2, -0.15) is 0 Å². The molecule has 0 aromatic heterocycles. The summed E-state index contributed by atoms with van der Waals surface area (Å²) in [6, 6.07) is 27.7. The third kappa shape index (κ3) is 5.04. The number of rotatable bonds is 7. The summed E-state index contributed by atoms with van der Waals surface area (Å²) >= 11 is 0. The number of carbonyl (C=O) groups excluding carboxylic acids is 1. The van der Waals surface area contributed by atoms with E-state index < -0.39 is 6.10 Å². The fraction of sp³-hybridized carbons (Fsp3) is 0.174. The van der Waals surface area contributed by atoms with Crippen molar-refractivity contribution in [2.24, 2.45) is 0 Å². The van der Waals surface area contributed by atoms with Crippen molar-refractivity contribution < 1.29 is 9.90 Å². The van der Waals surface area contributed by atoms with Gasteiger partial charge in [0.2, 0.25) is 5.91 Å². The standard InChI is InChI=1S/C23H23NO2/c25-22(21-9-5-2-6-10-21)15-16-24-23(26)17-18-11-13-20(14-12-18)19-7-3-1-4-8-19/h1-14,22,25H,15-17H2,(H,24,26)/t22-/m1/s1. The molecule has 3 nitrogen and oxygen atoms in total. The molecule has 26 heavy (non-hydrogen) atoms. The van der Waals surface area contributed by atoms with Gasteiger partial charge in [0.1, 0.15) is 0 Å². The average Bonchev–Trinajstić information content (AvgIpc) is 2.70. The van der Waals surface area contributed by atoms with Crippen molar-refractivity contribution in [3.05, 3.63) is 96.1 Å². The van der Waals surface area contributed by atoms with Crippen LogP contribution in [0.3, 0.4) is 0 Å². The van der Waals surface area contributed by atoms with E-state index >= 15 is 0 Å². The number of benzene rings is 3. The monoisotopic (exact) mass is 345 g/mol. The molecule has 3 aromatic carbocycles. The Kier molecular flexibility index (Phi) is 6.18. The molecule has 0 unspecified atom stereocenters. The van der Waals surface area contributed by atoms with Crippen molar-refractivity contribution in [2.75, 3.05) is 6.54 Å². The molecule has 1 atom stereocenters. The molecule has 132 valence electrons. The van der Waals surface area contributed by atoms with Crippen molar-refractivity contribution >= 4 is 5.91 Å². The van der Waals surface area contributed by atoms with Crippen molar-refractivity contribution in [2.45, 2.75) is 18.9 Å². The second-order valence-corrected chi connectivity index (χ2v) is 6.30. The van der Waals surface area contributed by atoms with Crippen molar-refractivity contribution in [3.63, 3.8) is 0 Å². The zero-order chi connectivity index (χ0) is 18.2. The zero-order valence-corrected chi connectivity index (χ0v) is 14.6.